The van der Waals surface area contributed by atoms with Gasteiger partial charge in [0, 0.05) is 17.9 Å². The van der Waals surface area contributed by atoms with E-state index in [0.29, 0.717) is 19.6 Å². The molecular formula is C18H20N2O2. The Labute approximate surface area is 130 Å². The van der Waals surface area contributed by atoms with Crippen molar-refractivity contribution in [2.75, 3.05) is 23.8 Å². The Bertz CT molecular complexity index is 594. The minimum Gasteiger partial charge on any atom is -0.493 e. The van der Waals surface area contributed by atoms with Gasteiger partial charge in [0.05, 0.1) is 13.0 Å². The van der Waals surface area contributed by atoms with Crippen LogP contribution < -0.4 is 15.4 Å². The Morgan fingerprint density at radius 3 is 2.41 bits per heavy atom. The summed E-state index contributed by atoms with van der Waals surface area (Å²) in [7, 11) is 0. The van der Waals surface area contributed by atoms with Crippen LogP contribution in [0.15, 0.2) is 67.3 Å². The lowest BCUT2D eigenvalue weighted by Gasteiger charge is -2.08. The van der Waals surface area contributed by atoms with Crippen molar-refractivity contribution in [3.63, 3.8) is 0 Å². The highest BCUT2D eigenvalue weighted by Crippen LogP contribution is 2.14. The van der Waals surface area contributed by atoms with E-state index in [-0.39, 0.29) is 5.91 Å². The maximum Gasteiger partial charge on any atom is 0.227 e. The van der Waals surface area contributed by atoms with Crippen LogP contribution in [-0.4, -0.2) is 19.1 Å². The molecule has 0 saturated heterocycles. The second-order valence-electron chi connectivity index (χ2n) is 4.71. The highest BCUT2D eigenvalue weighted by atomic mass is 16.5. The maximum absolute atomic E-state index is 11.8. The van der Waals surface area contributed by atoms with Gasteiger partial charge in [-0.3, -0.25) is 4.79 Å². The molecule has 0 atom stereocenters. The first-order valence-corrected chi connectivity index (χ1v) is 7.20. The fourth-order valence-corrected chi connectivity index (χ4v) is 1.86. The van der Waals surface area contributed by atoms with Gasteiger partial charge in [-0.2, -0.15) is 0 Å². The van der Waals surface area contributed by atoms with Crippen LogP contribution >= 0.6 is 0 Å². The quantitative estimate of drug-likeness (QED) is 0.730. The Balaban J connectivity index is 1.73. The average Bonchev–Trinajstić information content (AvgIpc) is 2.55. The summed E-state index contributed by atoms with van der Waals surface area (Å²) in [6, 6.07) is 17.0. The monoisotopic (exact) mass is 296 g/mol. The van der Waals surface area contributed by atoms with E-state index >= 15 is 0 Å². The van der Waals surface area contributed by atoms with Gasteiger partial charge in [-0.25, -0.2) is 0 Å². The number of hydrogen-bond donors (Lipinski definition) is 2. The number of benzene rings is 2. The van der Waals surface area contributed by atoms with Gasteiger partial charge in [-0.15, -0.1) is 6.58 Å². The molecule has 0 fully saturated rings. The lowest BCUT2D eigenvalue weighted by atomic mass is 10.2. The zero-order chi connectivity index (χ0) is 15.6. The second-order valence-corrected chi connectivity index (χ2v) is 4.71. The van der Waals surface area contributed by atoms with Gasteiger partial charge in [0.2, 0.25) is 5.91 Å². The minimum absolute atomic E-state index is 0.0669. The molecule has 0 aliphatic heterocycles. The molecule has 4 heteroatoms. The third kappa shape index (κ3) is 5.32. The first-order chi connectivity index (χ1) is 10.8. The fourth-order valence-electron chi connectivity index (χ4n) is 1.86. The van der Waals surface area contributed by atoms with Crippen molar-refractivity contribution in [1.82, 2.24) is 0 Å². The van der Waals surface area contributed by atoms with Crippen LogP contribution in [0.25, 0.3) is 0 Å². The SMILES string of the molecule is C=CCNc1ccc(NC(=O)CCOc2ccccc2)cc1. The number of anilines is 2. The Morgan fingerprint density at radius 1 is 1.05 bits per heavy atom. The van der Waals surface area contributed by atoms with Crippen LogP contribution in [0.1, 0.15) is 6.42 Å². The molecular weight excluding hydrogens is 276 g/mol. The van der Waals surface area contributed by atoms with Crippen molar-refractivity contribution in [2.45, 2.75) is 6.42 Å². The molecule has 0 aliphatic rings. The molecule has 0 heterocycles. The van der Waals surface area contributed by atoms with Gasteiger partial charge < -0.3 is 15.4 Å². The van der Waals surface area contributed by atoms with E-state index in [1.807, 2.05) is 54.6 Å². The molecule has 0 spiro atoms. The van der Waals surface area contributed by atoms with Crippen molar-refractivity contribution < 1.29 is 9.53 Å². The summed E-state index contributed by atoms with van der Waals surface area (Å²) >= 11 is 0. The molecule has 0 radical (unpaired) electrons. The molecule has 2 N–H and O–H groups in total. The predicted molar refractivity (Wildman–Crippen MR) is 90.3 cm³/mol. The molecule has 2 rings (SSSR count). The predicted octanol–water partition coefficient (Wildman–Crippen LogP) is 3.69. The van der Waals surface area contributed by atoms with Crippen LogP contribution in [0, 0.1) is 0 Å². The van der Waals surface area contributed by atoms with E-state index in [4.69, 9.17) is 4.74 Å². The molecule has 22 heavy (non-hydrogen) atoms. The number of carbonyl (C=O) groups excluding carboxylic acids is 1. The van der Waals surface area contributed by atoms with E-state index in [1.54, 1.807) is 6.08 Å². The average molecular weight is 296 g/mol. The number of ether oxygens (including phenoxy) is 1. The van der Waals surface area contributed by atoms with Crippen LogP contribution in [0.4, 0.5) is 11.4 Å². The number of amides is 1. The normalized spacial score (nSPS) is 9.82. The minimum atomic E-state index is -0.0669. The lowest BCUT2D eigenvalue weighted by molar-refractivity contribution is -0.116. The summed E-state index contributed by atoms with van der Waals surface area (Å²) in [6.45, 7) is 4.72. The van der Waals surface area contributed by atoms with Gasteiger partial charge in [-0.1, -0.05) is 24.3 Å². The second kappa shape index (κ2) is 8.52. The topological polar surface area (TPSA) is 50.4 Å². The third-order valence-electron chi connectivity index (χ3n) is 2.96. The highest BCUT2D eigenvalue weighted by Gasteiger charge is 2.03. The molecule has 4 nitrogen and oxygen atoms in total. The fraction of sp³-hybridized carbons (Fsp3) is 0.167. The summed E-state index contributed by atoms with van der Waals surface area (Å²) in [5.41, 5.74) is 1.76. The van der Waals surface area contributed by atoms with Crippen LogP contribution in [-0.2, 0) is 4.79 Å². The summed E-state index contributed by atoms with van der Waals surface area (Å²) in [6.07, 6.45) is 2.10. The molecule has 2 aromatic carbocycles. The standard InChI is InChI=1S/C18H20N2O2/c1-2-13-19-15-8-10-16(11-9-15)20-18(21)12-14-22-17-6-4-3-5-7-17/h2-11,19H,1,12-14H2,(H,20,21). The van der Waals surface area contributed by atoms with Crippen LogP contribution in [0.2, 0.25) is 0 Å². The summed E-state index contributed by atoms with van der Waals surface area (Å²) in [5.74, 6) is 0.704. The highest BCUT2D eigenvalue weighted by molar-refractivity contribution is 5.90. The van der Waals surface area contributed by atoms with E-state index in [1.165, 1.54) is 0 Å². The molecule has 0 aromatic heterocycles. The summed E-state index contributed by atoms with van der Waals surface area (Å²) in [5, 5.41) is 6.02. The van der Waals surface area contributed by atoms with Crippen molar-refractivity contribution >= 4 is 17.3 Å². The largest absolute Gasteiger partial charge is 0.493 e. The summed E-state index contributed by atoms with van der Waals surface area (Å²) < 4.78 is 5.50. The molecule has 0 bridgehead atoms. The smallest absolute Gasteiger partial charge is 0.227 e. The van der Waals surface area contributed by atoms with Crippen molar-refractivity contribution in [1.29, 1.82) is 0 Å². The van der Waals surface area contributed by atoms with Gasteiger partial charge in [0.1, 0.15) is 5.75 Å². The van der Waals surface area contributed by atoms with E-state index < -0.39 is 0 Å². The number of carbonyl (C=O) groups is 1. The van der Waals surface area contributed by atoms with Crippen LogP contribution in [0.5, 0.6) is 5.75 Å². The maximum atomic E-state index is 11.8. The number of nitrogens with one attached hydrogen (secondary N) is 2. The number of rotatable bonds is 8. The Morgan fingerprint density at radius 2 is 1.73 bits per heavy atom. The first-order valence-electron chi connectivity index (χ1n) is 7.20. The van der Waals surface area contributed by atoms with E-state index in [9.17, 15) is 4.79 Å². The van der Waals surface area contributed by atoms with Gasteiger partial charge in [0.15, 0.2) is 0 Å². The Kier molecular flexibility index (Phi) is 6.05. The third-order valence-corrected chi connectivity index (χ3v) is 2.96. The first kappa shape index (κ1) is 15.6. The van der Waals surface area contributed by atoms with Crippen molar-refractivity contribution in [2.24, 2.45) is 0 Å². The van der Waals surface area contributed by atoms with Crippen molar-refractivity contribution in [3.05, 3.63) is 67.3 Å². The zero-order valence-corrected chi connectivity index (χ0v) is 12.4. The van der Waals surface area contributed by atoms with Gasteiger partial charge >= 0.3 is 0 Å². The molecule has 0 aliphatic carbocycles. The van der Waals surface area contributed by atoms with E-state index in [0.717, 1.165) is 17.1 Å². The van der Waals surface area contributed by atoms with Gasteiger partial charge in [0.25, 0.3) is 0 Å². The molecule has 0 unspecified atom stereocenters. The van der Waals surface area contributed by atoms with E-state index in [2.05, 4.69) is 17.2 Å². The molecule has 1 amide bonds. The number of hydrogen-bond acceptors (Lipinski definition) is 3. The molecule has 114 valence electrons. The molecule has 0 saturated carbocycles. The Hall–Kier alpha value is -2.75. The van der Waals surface area contributed by atoms with Crippen LogP contribution in [0.3, 0.4) is 0 Å². The zero-order valence-electron chi connectivity index (χ0n) is 12.4. The van der Waals surface area contributed by atoms with Crippen molar-refractivity contribution in [3.8, 4) is 5.75 Å². The lowest BCUT2D eigenvalue weighted by Crippen LogP contribution is -2.15. The van der Waals surface area contributed by atoms with Gasteiger partial charge in [-0.05, 0) is 36.4 Å². The number of para-hydroxylation sites is 1. The molecule has 2 aromatic rings. The summed E-state index contributed by atoms with van der Waals surface area (Å²) in [4.78, 5) is 11.8.